The van der Waals surface area contributed by atoms with Gasteiger partial charge in [-0.1, -0.05) is 66.0 Å². The van der Waals surface area contributed by atoms with E-state index in [-0.39, 0.29) is 11.4 Å². The number of nitrogens with one attached hydrogen (secondary N) is 1. The Morgan fingerprint density at radius 2 is 1.64 bits per heavy atom. The van der Waals surface area contributed by atoms with Crippen molar-refractivity contribution < 1.29 is 31.2 Å². The minimum atomic E-state index is -4.88. The number of carbonyl (C=O) groups is 2. The van der Waals surface area contributed by atoms with Crippen molar-refractivity contribution in [2.75, 3.05) is 17.4 Å². The first-order valence-corrected chi connectivity index (χ1v) is 15.1. The summed E-state index contributed by atoms with van der Waals surface area (Å²) in [6.07, 6.45) is -4.22. The summed E-state index contributed by atoms with van der Waals surface area (Å²) in [6.45, 7) is 6.47. The highest BCUT2D eigenvalue weighted by Gasteiger charge is 2.37. The Morgan fingerprint density at radius 3 is 2.24 bits per heavy atom. The lowest BCUT2D eigenvalue weighted by Crippen LogP contribution is -2.51. The van der Waals surface area contributed by atoms with Gasteiger partial charge >= 0.3 is 6.18 Å². The van der Waals surface area contributed by atoms with Crippen molar-refractivity contribution in [3.63, 3.8) is 0 Å². The van der Waals surface area contributed by atoms with Gasteiger partial charge in [0.25, 0.3) is 10.0 Å². The Labute approximate surface area is 249 Å². The molecule has 0 bridgehead atoms. The molecule has 0 heterocycles. The van der Waals surface area contributed by atoms with E-state index in [0.29, 0.717) is 28.9 Å². The van der Waals surface area contributed by atoms with Gasteiger partial charge in [-0.3, -0.25) is 13.9 Å². The van der Waals surface area contributed by atoms with Crippen molar-refractivity contribution in [3.8, 4) is 0 Å². The number of carbonyl (C=O) groups excluding carboxylic acids is 2. The SMILES string of the molecule is CCCNC(=O)C(C)N(Cc1cccc(C)c1)C(=O)CN(c1ccc(Cl)c(C(F)(F)F)c1)S(=O)(=O)c1ccc(C)cc1. The standard InChI is InChI=1S/C30H33ClF3N3O4S/c1-5-15-35-29(39)22(4)36(18-23-8-6-7-21(3)16-23)28(38)19-37(42(40,41)25-12-9-20(2)10-13-25)24-11-14-27(31)26(17-24)30(32,33)34/h6-14,16-17,22H,5,15,18-19H2,1-4H3,(H,35,39). The van der Waals surface area contributed by atoms with Crippen LogP contribution in [0.15, 0.2) is 71.6 Å². The largest absolute Gasteiger partial charge is 0.417 e. The number of rotatable bonds is 11. The van der Waals surface area contributed by atoms with Crippen LogP contribution in [0.5, 0.6) is 0 Å². The van der Waals surface area contributed by atoms with E-state index in [1.807, 2.05) is 26.0 Å². The number of aryl methyl sites for hydroxylation is 2. The van der Waals surface area contributed by atoms with Crippen LogP contribution >= 0.6 is 11.6 Å². The zero-order chi connectivity index (χ0) is 31.2. The quantitative estimate of drug-likeness (QED) is 0.279. The van der Waals surface area contributed by atoms with Gasteiger partial charge in [0.1, 0.15) is 12.6 Å². The number of hydrogen-bond acceptors (Lipinski definition) is 4. The summed E-state index contributed by atoms with van der Waals surface area (Å²) >= 11 is 5.80. The molecule has 3 aromatic rings. The second-order valence-electron chi connectivity index (χ2n) is 9.96. The molecule has 3 rings (SSSR count). The molecule has 0 fully saturated rings. The number of sulfonamides is 1. The average molecular weight is 624 g/mol. The van der Waals surface area contributed by atoms with Crippen LogP contribution in [0.3, 0.4) is 0 Å². The molecule has 0 aromatic heterocycles. The van der Waals surface area contributed by atoms with Crippen LogP contribution in [0.2, 0.25) is 5.02 Å². The number of benzene rings is 3. The van der Waals surface area contributed by atoms with E-state index in [1.165, 1.54) is 24.0 Å². The van der Waals surface area contributed by atoms with Gasteiger partial charge in [0.2, 0.25) is 11.8 Å². The first-order chi connectivity index (χ1) is 19.6. The molecule has 0 saturated carbocycles. The molecule has 2 amide bonds. The summed E-state index contributed by atoms with van der Waals surface area (Å²) in [5.74, 6) is -1.23. The van der Waals surface area contributed by atoms with Crippen molar-refractivity contribution >= 4 is 39.1 Å². The number of amides is 2. The molecule has 0 radical (unpaired) electrons. The van der Waals surface area contributed by atoms with E-state index < -0.39 is 56.9 Å². The number of anilines is 1. The number of alkyl halides is 3. The second kappa shape index (κ2) is 13.6. The van der Waals surface area contributed by atoms with Crippen molar-refractivity contribution in [3.05, 3.63) is 94.0 Å². The van der Waals surface area contributed by atoms with E-state index in [0.717, 1.165) is 23.3 Å². The van der Waals surface area contributed by atoms with Gasteiger partial charge in [0.05, 0.1) is 21.2 Å². The van der Waals surface area contributed by atoms with E-state index in [2.05, 4.69) is 5.32 Å². The number of hydrogen-bond donors (Lipinski definition) is 1. The molecule has 1 unspecified atom stereocenters. The molecule has 1 atom stereocenters. The van der Waals surface area contributed by atoms with Gasteiger partial charge in [0, 0.05) is 13.1 Å². The van der Waals surface area contributed by atoms with Crippen LogP contribution in [0.1, 0.15) is 42.5 Å². The highest BCUT2D eigenvalue weighted by Crippen LogP contribution is 2.38. The molecule has 0 aliphatic heterocycles. The van der Waals surface area contributed by atoms with Crippen molar-refractivity contribution in [2.24, 2.45) is 0 Å². The second-order valence-corrected chi connectivity index (χ2v) is 12.2. The van der Waals surface area contributed by atoms with Gasteiger partial charge in [-0.15, -0.1) is 0 Å². The van der Waals surface area contributed by atoms with Crippen LogP contribution in [0, 0.1) is 13.8 Å². The third-order valence-electron chi connectivity index (χ3n) is 6.58. The van der Waals surface area contributed by atoms with E-state index in [4.69, 9.17) is 11.6 Å². The molecule has 12 heteroatoms. The molecular formula is C30H33ClF3N3O4S. The normalized spacial score (nSPS) is 12.5. The zero-order valence-corrected chi connectivity index (χ0v) is 25.3. The smallest absolute Gasteiger partial charge is 0.354 e. The minimum absolute atomic E-state index is 0.0337. The van der Waals surface area contributed by atoms with Crippen LogP contribution in [-0.2, 0) is 32.3 Å². The summed E-state index contributed by atoms with van der Waals surface area (Å²) in [4.78, 5) is 27.8. The molecule has 1 N–H and O–H groups in total. The molecule has 7 nitrogen and oxygen atoms in total. The van der Waals surface area contributed by atoms with Crippen LogP contribution < -0.4 is 9.62 Å². The molecule has 0 aliphatic rings. The highest BCUT2D eigenvalue weighted by molar-refractivity contribution is 7.92. The summed E-state index contributed by atoms with van der Waals surface area (Å²) in [5.41, 5.74) is 0.713. The third kappa shape index (κ3) is 8.04. The summed E-state index contributed by atoms with van der Waals surface area (Å²) in [5, 5.41) is 2.12. The Bertz CT molecular complexity index is 1530. The molecule has 3 aromatic carbocycles. The first kappa shape index (κ1) is 32.9. The minimum Gasteiger partial charge on any atom is -0.354 e. The van der Waals surface area contributed by atoms with E-state index >= 15 is 0 Å². The predicted molar refractivity (Wildman–Crippen MR) is 157 cm³/mol. The van der Waals surface area contributed by atoms with Crippen molar-refractivity contribution in [1.82, 2.24) is 10.2 Å². The monoisotopic (exact) mass is 623 g/mol. The van der Waals surface area contributed by atoms with Gasteiger partial charge in [-0.2, -0.15) is 13.2 Å². The lowest BCUT2D eigenvalue weighted by Gasteiger charge is -2.32. The fourth-order valence-corrected chi connectivity index (χ4v) is 5.87. The molecule has 42 heavy (non-hydrogen) atoms. The molecular weight excluding hydrogens is 591 g/mol. The van der Waals surface area contributed by atoms with Gasteiger partial charge in [-0.05, 0) is 63.1 Å². The summed E-state index contributed by atoms with van der Waals surface area (Å²) in [7, 11) is -4.54. The van der Waals surface area contributed by atoms with Crippen LogP contribution in [0.4, 0.5) is 18.9 Å². The Balaban J connectivity index is 2.11. The lowest BCUT2D eigenvalue weighted by molar-refractivity contribution is -0.139. The van der Waals surface area contributed by atoms with E-state index in [1.54, 1.807) is 31.2 Å². The Morgan fingerprint density at radius 1 is 0.976 bits per heavy atom. The number of halogens is 4. The average Bonchev–Trinajstić information content (AvgIpc) is 2.92. The van der Waals surface area contributed by atoms with E-state index in [9.17, 15) is 31.2 Å². The number of nitrogens with zero attached hydrogens (tertiary/aromatic N) is 2. The van der Waals surface area contributed by atoms with Crippen molar-refractivity contribution in [2.45, 2.75) is 57.8 Å². The third-order valence-corrected chi connectivity index (χ3v) is 8.70. The molecule has 0 spiro atoms. The Kier molecular flexibility index (Phi) is 10.7. The maximum absolute atomic E-state index is 13.9. The lowest BCUT2D eigenvalue weighted by atomic mass is 10.1. The van der Waals surface area contributed by atoms with Gasteiger partial charge in [0.15, 0.2) is 0 Å². The molecule has 226 valence electrons. The van der Waals surface area contributed by atoms with Gasteiger partial charge < -0.3 is 10.2 Å². The highest BCUT2D eigenvalue weighted by atomic mass is 35.5. The maximum Gasteiger partial charge on any atom is 0.417 e. The van der Waals surface area contributed by atoms with Crippen molar-refractivity contribution in [1.29, 1.82) is 0 Å². The zero-order valence-electron chi connectivity index (χ0n) is 23.7. The van der Waals surface area contributed by atoms with Gasteiger partial charge in [-0.25, -0.2) is 8.42 Å². The molecule has 0 aliphatic carbocycles. The maximum atomic E-state index is 13.9. The topological polar surface area (TPSA) is 86.8 Å². The summed E-state index contributed by atoms with van der Waals surface area (Å²) in [6, 6.07) is 14.6. The van der Waals surface area contributed by atoms with Crippen LogP contribution in [-0.4, -0.2) is 44.3 Å². The van der Waals surface area contributed by atoms with Crippen LogP contribution in [0.25, 0.3) is 0 Å². The Hall–Kier alpha value is -3.57. The predicted octanol–water partition coefficient (Wildman–Crippen LogP) is 6.11. The molecule has 0 saturated heterocycles. The fourth-order valence-electron chi connectivity index (χ4n) is 4.24. The summed E-state index contributed by atoms with van der Waals surface area (Å²) < 4.78 is 69.6. The fraction of sp³-hybridized carbons (Fsp3) is 0.333. The first-order valence-electron chi connectivity index (χ1n) is 13.2.